The topological polar surface area (TPSA) is 9.23 Å². The molecule has 17 heavy (non-hydrogen) atoms. The zero-order chi connectivity index (χ0) is 12.5. The van der Waals surface area contributed by atoms with Crippen LogP contribution in [0.2, 0.25) is 0 Å². The fourth-order valence-electron chi connectivity index (χ4n) is 1.54. The van der Waals surface area contributed by atoms with E-state index in [0.29, 0.717) is 12.5 Å². The van der Waals surface area contributed by atoms with Gasteiger partial charge in [-0.2, -0.15) is 0 Å². The first-order valence-electron chi connectivity index (χ1n) is 5.70. The number of benzene rings is 1. The predicted molar refractivity (Wildman–Crippen MR) is 69.4 cm³/mol. The Labute approximate surface area is 112 Å². The second kappa shape index (κ2) is 8.20. The molecule has 0 bridgehead atoms. The summed E-state index contributed by atoms with van der Waals surface area (Å²) in [4.78, 5) is 0. The molecule has 0 saturated carbocycles. The first kappa shape index (κ1) is 14.1. The Balaban J connectivity index is 2.46. The van der Waals surface area contributed by atoms with E-state index >= 15 is 0 Å². The van der Waals surface area contributed by atoms with E-state index in [9.17, 15) is 0 Å². The van der Waals surface area contributed by atoms with Crippen molar-refractivity contribution in [2.24, 2.45) is 5.92 Å². The van der Waals surface area contributed by atoms with Crippen LogP contribution in [-0.2, 0) is 27.2 Å². The molecule has 0 aliphatic heterocycles. The Morgan fingerprint density at radius 3 is 2.29 bits per heavy atom. The van der Waals surface area contributed by atoms with E-state index < -0.39 is 0 Å². The summed E-state index contributed by atoms with van der Waals surface area (Å²) in [5.41, 5.74) is 1.18. The third-order valence-corrected chi connectivity index (χ3v) is 3.16. The number of allylic oxidation sites excluding steroid dienone is 2. The molecule has 0 aromatic heterocycles. The summed E-state index contributed by atoms with van der Waals surface area (Å²) in [5.74, 6) is 0.341. The van der Waals surface area contributed by atoms with Gasteiger partial charge in [-0.25, -0.2) is 0 Å². The molecule has 0 fully saturated rings. The summed E-state index contributed by atoms with van der Waals surface area (Å²) in [7, 11) is 0. The Hall–Kier alpha value is -0.938. The molecule has 1 aromatic rings. The molecule has 0 spiro atoms. The van der Waals surface area contributed by atoms with Gasteiger partial charge in [-0.1, -0.05) is 0 Å². The number of hydrogen-bond donors (Lipinski definition) is 0. The average Bonchev–Trinajstić information content (AvgIpc) is 2.37. The van der Waals surface area contributed by atoms with Gasteiger partial charge >= 0.3 is 112 Å². The van der Waals surface area contributed by atoms with Crippen molar-refractivity contribution in [2.75, 3.05) is 0 Å². The summed E-state index contributed by atoms with van der Waals surface area (Å²) in [6, 6.07) is 10.2. The molecule has 0 saturated heterocycles. The third-order valence-electron chi connectivity index (χ3n) is 2.46. The fraction of sp³-hybridized carbons (Fsp3) is 0.267. The van der Waals surface area contributed by atoms with Crippen molar-refractivity contribution >= 4 is 4.57 Å². The quantitative estimate of drug-likeness (QED) is 0.653. The summed E-state index contributed by atoms with van der Waals surface area (Å²) < 4.78 is 6.70. The van der Waals surface area contributed by atoms with Gasteiger partial charge in [-0.3, -0.25) is 0 Å². The normalized spacial score (nSPS) is 10.2. The van der Waals surface area contributed by atoms with Crippen LogP contribution in [0.1, 0.15) is 18.4 Å². The first-order valence-corrected chi connectivity index (χ1v) is 6.34. The molecule has 0 unspecified atom stereocenters. The molecule has 0 amide bonds. The molecule has 2 heteroatoms. The summed E-state index contributed by atoms with van der Waals surface area (Å²) >= 11 is 3.02. The molecule has 0 aliphatic carbocycles. The van der Waals surface area contributed by atoms with E-state index in [4.69, 9.17) is 4.74 Å². The van der Waals surface area contributed by atoms with E-state index in [0.717, 1.165) is 17.4 Å². The van der Waals surface area contributed by atoms with Gasteiger partial charge in [0.15, 0.2) is 0 Å². The molecule has 0 atom stereocenters. The van der Waals surface area contributed by atoms with Crippen LogP contribution in [0.3, 0.4) is 0 Å². The van der Waals surface area contributed by atoms with Crippen molar-refractivity contribution in [3.8, 4) is 0 Å². The van der Waals surface area contributed by atoms with E-state index in [2.05, 4.69) is 41.1 Å². The number of hydrogen-bond acceptors (Lipinski definition) is 1. The Kier molecular flexibility index (Phi) is 6.81. The van der Waals surface area contributed by atoms with Crippen LogP contribution in [0.5, 0.6) is 0 Å². The van der Waals surface area contributed by atoms with Crippen LogP contribution >= 0.6 is 0 Å². The Morgan fingerprint density at radius 1 is 1.18 bits per heavy atom. The van der Waals surface area contributed by atoms with Gasteiger partial charge in [0.2, 0.25) is 0 Å². The molecule has 0 heterocycles. The zero-order valence-corrected chi connectivity index (χ0v) is 11.2. The SMILES string of the molecule is C=CCC(CC=C)[C](=[Cr])OCc1ccccc1. The summed E-state index contributed by atoms with van der Waals surface area (Å²) in [6.07, 6.45) is 5.64. The number of rotatable bonds is 8. The van der Waals surface area contributed by atoms with E-state index in [1.165, 1.54) is 5.56 Å². The molecule has 90 valence electrons. The molecular weight excluding hydrogens is 248 g/mol. The van der Waals surface area contributed by atoms with Crippen molar-refractivity contribution in [1.29, 1.82) is 0 Å². The molecule has 1 rings (SSSR count). The minimum atomic E-state index is 0.341. The average molecular weight is 266 g/mol. The van der Waals surface area contributed by atoms with Crippen molar-refractivity contribution in [2.45, 2.75) is 19.4 Å². The van der Waals surface area contributed by atoms with Gasteiger partial charge in [0.1, 0.15) is 0 Å². The van der Waals surface area contributed by atoms with Gasteiger partial charge in [0.05, 0.1) is 0 Å². The molecule has 0 radical (unpaired) electrons. The van der Waals surface area contributed by atoms with Crippen LogP contribution in [0.15, 0.2) is 55.6 Å². The summed E-state index contributed by atoms with van der Waals surface area (Å²) in [5, 5.41) is 0. The zero-order valence-electron chi connectivity index (χ0n) is 9.97. The molecule has 0 aliphatic rings. The third kappa shape index (κ3) is 5.28. The van der Waals surface area contributed by atoms with Crippen molar-refractivity contribution < 1.29 is 20.6 Å². The first-order chi connectivity index (χ1) is 8.27. The Morgan fingerprint density at radius 2 is 1.76 bits per heavy atom. The maximum absolute atomic E-state index is 5.76. The predicted octanol–water partition coefficient (Wildman–Crippen LogP) is 3.65. The van der Waals surface area contributed by atoms with Gasteiger partial charge in [-0.05, 0) is 0 Å². The molecular formula is C15H18CrO. The minimum absolute atomic E-state index is 0.341. The maximum atomic E-state index is 5.76. The number of ether oxygens (including phenoxy) is 1. The monoisotopic (exact) mass is 266 g/mol. The fourth-order valence-corrected chi connectivity index (χ4v) is 1.93. The molecule has 0 N–H and O–H groups in total. The van der Waals surface area contributed by atoms with Crippen LogP contribution in [0.4, 0.5) is 0 Å². The van der Waals surface area contributed by atoms with Gasteiger partial charge < -0.3 is 0 Å². The van der Waals surface area contributed by atoms with Crippen LogP contribution < -0.4 is 0 Å². The standard InChI is InChI=1S/C15H18O.Cr/c1-3-8-14(9-4-2)12-16-13-15-10-6-5-7-11-15;/h3-7,10-11,14H,1-2,8-9,13H2;. The van der Waals surface area contributed by atoms with Crippen LogP contribution in [0, 0.1) is 5.92 Å². The van der Waals surface area contributed by atoms with Crippen LogP contribution in [0.25, 0.3) is 0 Å². The van der Waals surface area contributed by atoms with Crippen molar-refractivity contribution in [3.05, 3.63) is 61.2 Å². The summed E-state index contributed by atoms with van der Waals surface area (Å²) in [6.45, 7) is 8.14. The Bertz CT molecular complexity index is 360. The van der Waals surface area contributed by atoms with Gasteiger partial charge in [-0.15, -0.1) is 0 Å². The van der Waals surface area contributed by atoms with Gasteiger partial charge in [0.25, 0.3) is 0 Å². The van der Waals surface area contributed by atoms with Gasteiger partial charge in [0, 0.05) is 0 Å². The van der Waals surface area contributed by atoms with Crippen LogP contribution in [-0.4, -0.2) is 4.57 Å². The van der Waals surface area contributed by atoms with Crippen molar-refractivity contribution in [1.82, 2.24) is 0 Å². The van der Waals surface area contributed by atoms with Crippen molar-refractivity contribution in [3.63, 3.8) is 0 Å². The second-order valence-electron chi connectivity index (χ2n) is 3.84. The molecule has 1 aromatic carbocycles. The molecule has 1 nitrogen and oxygen atoms in total. The van der Waals surface area contributed by atoms with E-state index in [1.54, 1.807) is 0 Å². The van der Waals surface area contributed by atoms with E-state index in [1.807, 2.05) is 30.4 Å². The van der Waals surface area contributed by atoms with E-state index in [-0.39, 0.29) is 0 Å². The second-order valence-corrected chi connectivity index (χ2v) is 4.47.